The van der Waals surface area contributed by atoms with Crippen molar-refractivity contribution >= 4 is 21.4 Å². The lowest BCUT2D eigenvalue weighted by molar-refractivity contribution is 0.582. The molecule has 1 N–H and O–H groups in total. The van der Waals surface area contributed by atoms with Gasteiger partial charge in [-0.3, -0.25) is 0 Å². The van der Waals surface area contributed by atoms with Crippen molar-refractivity contribution in [1.29, 1.82) is 0 Å². The zero-order chi connectivity index (χ0) is 19.6. The van der Waals surface area contributed by atoms with Crippen LogP contribution in [0.15, 0.2) is 99.3 Å². The van der Waals surface area contributed by atoms with E-state index in [2.05, 4.69) is 10.3 Å². The first kappa shape index (κ1) is 18.0. The van der Waals surface area contributed by atoms with E-state index in [1.807, 2.05) is 61.5 Å². The van der Waals surface area contributed by atoms with Crippen LogP contribution in [0.4, 0.5) is 11.6 Å². The van der Waals surface area contributed by atoms with Crippen LogP contribution in [0.2, 0.25) is 0 Å². The molecule has 4 rings (SSSR count). The van der Waals surface area contributed by atoms with E-state index in [4.69, 9.17) is 4.42 Å². The van der Waals surface area contributed by atoms with Crippen LogP contribution in [0.5, 0.6) is 0 Å². The van der Waals surface area contributed by atoms with Crippen molar-refractivity contribution in [1.82, 2.24) is 4.98 Å². The predicted octanol–water partition coefficient (Wildman–Crippen LogP) is 5.23. The predicted molar refractivity (Wildman–Crippen MR) is 108 cm³/mol. The summed E-state index contributed by atoms with van der Waals surface area (Å²) in [5.41, 5.74) is 2.51. The summed E-state index contributed by atoms with van der Waals surface area (Å²) >= 11 is 0. The Bertz CT molecular complexity index is 1180. The fraction of sp³-hybridized carbons (Fsp3) is 0.0455. The first-order chi connectivity index (χ1) is 13.5. The van der Waals surface area contributed by atoms with Crippen molar-refractivity contribution in [3.05, 3.63) is 90.5 Å². The molecule has 0 aliphatic rings. The minimum Gasteiger partial charge on any atom is -0.419 e. The Balaban J connectivity index is 1.83. The van der Waals surface area contributed by atoms with Gasteiger partial charge in [0.1, 0.15) is 0 Å². The van der Waals surface area contributed by atoms with Gasteiger partial charge in [0, 0.05) is 11.3 Å². The Morgan fingerprint density at radius 1 is 0.821 bits per heavy atom. The molecule has 5 nitrogen and oxygen atoms in total. The third-order valence-corrected chi connectivity index (χ3v) is 5.91. The Labute approximate surface area is 163 Å². The van der Waals surface area contributed by atoms with E-state index < -0.39 is 9.84 Å². The second-order valence-electron chi connectivity index (χ2n) is 6.33. The number of sulfone groups is 1. The second kappa shape index (κ2) is 7.32. The highest BCUT2D eigenvalue weighted by Gasteiger charge is 2.28. The minimum atomic E-state index is -3.85. The molecule has 4 aromatic rings. The Hall–Kier alpha value is -3.38. The lowest BCUT2D eigenvalue weighted by atomic mass is 10.2. The lowest BCUT2D eigenvalue weighted by Crippen LogP contribution is -2.05. The van der Waals surface area contributed by atoms with E-state index in [-0.39, 0.29) is 21.7 Å². The Morgan fingerprint density at radius 3 is 2.07 bits per heavy atom. The minimum absolute atomic E-state index is 0.0894. The molecule has 0 atom stereocenters. The molecular weight excluding hydrogens is 372 g/mol. The van der Waals surface area contributed by atoms with Crippen molar-refractivity contribution < 1.29 is 12.8 Å². The Kier molecular flexibility index (Phi) is 4.71. The van der Waals surface area contributed by atoms with Gasteiger partial charge in [-0.25, -0.2) is 8.42 Å². The van der Waals surface area contributed by atoms with Gasteiger partial charge in [0.05, 0.1) is 4.90 Å². The summed E-state index contributed by atoms with van der Waals surface area (Å²) in [6.45, 7) is 1.98. The van der Waals surface area contributed by atoms with Crippen molar-refractivity contribution in [3.63, 3.8) is 0 Å². The normalized spacial score (nSPS) is 11.3. The third kappa shape index (κ3) is 3.54. The van der Waals surface area contributed by atoms with Gasteiger partial charge in [-0.2, -0.15) is 4.98 Å². The molecule has 28 heavy (non-hydrogen) atoms. The molecule has 0 fully saturated rings. The van der Waals surface area contributed by atoms with Crippen molar-refractivity contribution in [2.45, 2.75) is 16.8 Å². The molecule has 0 saturated heterocycles. The first-order valence-corrected chi connectivity index (χ1v) is 10.2. The maximum atomic E-state index is 13.2. The maximum absolute atomic E-state index is 13.2. The zero-order valence-electron chi connectivity index (χ0n) is 15.2. The quantitative estimate of drug-likeness (QED) is 0.505. The fourth-order valence-corrected chi connectivity index (χ4v) is 4.03. The first-order valence-electron chi connectivity index (χ1n) is 8.74. The van der Waals surface area contributed by atoms with Crippen LogP contribution in [0.1, 0.15) is 5.56 Å². The van der Waals surface area contributed by atoms with Crippen LogP contribution in [0.25, 0.3) is 11.5 Å². The number of nitrogens with one attached hydrogen (secondary N) is 1. The van der Waals surface area contributed by atoms with Crippen LogP contribution in [0, 0.1) is 6.92 Å². The highest BCUT2D eigenvalue weighted by molar-refractivity contribution is 7.91. The number of aryl methyl sites for hydroxylation is 1. The average molecular weight is 390 g/mol. The summed E-state index contributed by atoms with van der Waals surface area (Å²) in [7, 11) is -3.85. The van der Waals surface area contributed by atoms with Crippen LogP contribution >= 0.6 is 0 Å². The summed E-state index contributed by atoms with van der Waals surface area (Å²) in [4.78, 5) is 4.49. The van der Waals surface area contributed by atoms with Crippen molar-refractivity contribution in [3.8, 4) is 11.5 Å². The Morgan fingerprint density at radius 2 is 1.43 bits per heavy atom. The van der Waals surface area contributed by atoms with Crippen LogP contribution < -0.4 is 5.32 Å². The largest absolute Gasteiger partial charge is 0.419 e. The number of nitrogens with zero attached hydrogens (tertiary/aromatic N) is 1. The lowest BCUT2D eigenvalue weighted by Gasteiger charge is -2.06. The SMILES string of the molecule is Cc1ccc(Nc2oc(-c3ccccc3)nc2S(=O)(=O)c2ccccc2)cc1. The third-order valence-electron chi connectivity index (χ3n) is 4.23. The van der Waals surface area contributed by atoms with E-state index >= 15 is 0 Å². The topological polar surface area (TPSA) is 72.2 Å². The molecule has 0 bridgehead atoms. The number of anilines is 2. The van der Waals surface area contributed by atoms with Gasteiger partial charge in [-0.15, -0.1) is 0 Å². The van der Waals surface area contributed by atoms with Gasteiger partial charge >= 0.3 is 0 Å². The monoisotopic (exact) mass is 390 g/mol. The van der Waals surface area contributed by atoms with E-state index in [9.17, 15) is 8.42 Å². The number of rotatable bonds is 5. The van der Waals surface area contributed by atoms with Gasteiger partial charge in [0.2, 0.25) is 26.6 Å². The molecule has 0 saturated carbocycles. The van der Waals surface area contributed by atoms with Crippen LogP contribution in [-0.4, -0.2) is 13.4 Å². The fourth-order valence-electron chi connectivity index (χ4n) is 2.75. The van der Waals surface area contributed by atoms with Crippen LogP contribution in [0.3, 0.4) is 0 Å². The average Bonchev–Trinajstić information content (AvgIpc) is 3.16. The number of hydrogen-bond donors (Lipinski definition) is 1. The summed E-state index contributed by atoms with van der Waals surface area (Å²) in [5.74, 6) is 0.330. The highest BCUT2D eigenvalue weighted by atomic mass is 32.2. The van der Waals surface area contributed by atoms with Gasteiger partial charge in [-0.1, -0.05) is 54.1 Å². The summed E-state index contributed by atoms with van der Waals surface area (Å²) in [6.07, 6.45) is 0. The zero-order valence-corrected chi connectivity index (χ0v) is 16.0. The van der Waals surface area contributed by atoms with E-state index in [1.165, 1.54) is 0 Å². The van der Waals surface area contributed by atoms with Gasteiger partial charge in [0.15, 0.2) is 0 Å². The molecule has 0 aliphatic carbocycles. The molecule has 0 unspecified atom stereocenters. The number of oxazole rings is 1. The standard InChI is InChI=1S/C22H18N2O3S/c1-16-12-14-18(15-13-16)23-21-22(28(25,26)19-10-6-3-7-11-19)24-20(27-21)17-8-4-2-5-9-17/h2-15,23H,1H3. The van der Waals surface area contributed by atoms with Crippen molar-refractivity contribution in [2.24, 2.45) is 0 Å². The molecule has 6 heteroatoms. The van der Waals surface area contributed by atoms with E-state index in [0.717, 1.165) is 5.56 Å². The molecule has 0 amide bonds. The second-order valence-corrected chi connectivity index (χ2v) is 8.19. The number of hydrogen-bond acceptors (Lipinski definition) is 5. The molecule has 0 aliphatic heterocycles. The summed E-state index contributed by atoms with van der Waals surface area (Å²) in [5, 5.41) is 2.92. The molecule has 140 valence electrons. The number of benzene rings is 3. The maximum Gasteiger partial charge on any atom is 0.238 e. The summed E-state index contributed by atoms with van der Waals surface area (Å²) < 4.78 is 32.2. The van der Waals surface area contributed by atoms with Crippen molar-refractivity contribution in [2.75, 3.05) is 5.32 Å². The number of aromatic nitrogens is 1. The van der Waals surface area contributed by atoms with Gasteiger partial charge in [-0.05, 0) is 43.3 Å². The highest BCUT2D eigenvalue weighted by Crippen LogP contribution is 2.34. The molecule has 1 heterocycles. The molecule has 0 spiro atoms. The van der Waals surface area contributed by atoms with E-state index in [0.29, 0.717) is 11.3 Å². The van der Waals surface area contributed by atoms with Crippen LogP contribution in [-0.2, 0) is 9.84 Å². The molecule has 0 radical (unpaired) electrons. The molecule has 3 aromatic carbocycles. The molecule has 1 aromatic heterocycles. The summed E-state index contributed by atoms with van der Waals surface area (Å²) in [6, 6.07) is 25.0. The van der Waals surface area contributed by atoms with Gasteiger partial charge < -0.3 is 9.73 Å². The molecular formula is C22H18N2O3S. The van der Waals surface area contributed by atoms with E-state index in [1.54, 1.807) is 30.3 Å². The van der Waals surface area contributed by atoms with Gasteiger partial charge in [0.25, 0.3) is 0 Å². The smallest absolute Gasteiger partial charge is 0.238 e.